The summed E-state index contributed by atoms with van der Waals surface area (Å²) in [5, 5.41) is 0. The molecule has 0 heterocycles. The maximum absolute atomic E-state index is 2.32. The highest BCUT2D eigenvalue weighted by Gasteiger charge is 2.19. The first-order chi connectivity index (χ1) is 35.7. The summed E-state index contributed by atoms with van der Waals surface area (Å²) >= 11 is 0. The minimum Gasteiger partial charge on any atom is -0.311 e. The van der Waals surface area contributed by atoms with E-state index in [2.05, 4.69) is 329 Å². The first-order valence-electron chi connectivity index (χ1n) is 24.4. The highest BCUT2D eigenvalue weighted by molar-refractivity contribution is 5.85. The van der Waals surface area contributed by atoms with Crippen LogP contribution >= 0.6 is 0 Å². The van der Waals surface area contributed by atoms with Crippen LogP contribution in [0.1, 0.15) is 11.1 Å². The standard InChI is InChI=1S/C68H52N4/c1-7-19-53(20-8-1)31-32-54-33-39-62(40-34-54)70(59-25-13-4-14-26-59)65-45-49-67(50-46-65)72(61-29-17-6-18-30-61)68-51-47-66(48-52-68)71(60-27-15-5-16-28-60)64-43-37-56(38-44-64)55-35-41-63(42-36-55)69(57-21-9-2-10-22-57)58-23-11-3-12-24-58/h1-52H/b32-31-. The largest absolute Gasteiger partial charge is 0.311 e. The Labute approximate surface area is 423 Å². The lowest BCUT2D eigenvalue weighted by molar-refractivity contribution is 1.24. The van der Waals surface area contributed by atoms with E-state index in [1.54, 1.807) is 0 Å². The van der Waals surface area contributed by atoms with Crippen LogP contribution < -0.4 is 19.6 Å². The van der Waals surface area contributed by atoms with Crippen molar-refractivity contribution in [1.82, 2.24) is 0 Å². The second kappa shape index (κ2) is 21.3. The predicted molar refractivity (Wildman–Crippen MR) is 306 cm³/mol. The summed E-state index contributed by atoms with van der Waals surface area (Å²) in [6.07, 6.45) is 4.32. The summed E-state index contributed by atoms with van der Waals surface area (Å²) in [5.41, 5.74) is 17.6. The minimum atomic E-state index is 1.06. The zero-order valence-corrected chi connectivity index (χ0v) is 39.8. The zero-order chi connectivity index (χ0) is 48.3. The van der Waals surface area contributed by atoms with Crippen LogP contribution in [-0.2, 0) is 0 Å². The fourth-order valence-electron chi connectivity index (χ4n) is 9.27. The zero-order valence-electron chi connectivity index (χ0n) is 39.8. The van der Waals surface area contributed by atoms with E-state index in [0.29, 0.717) is 0 Å². The molecule has 11 aromatic rings. The third kappa shape index (κ3) is 10.1. The molecule has 0 radical (unpaired) electrons. The number of anilines is 12. The molecule has 72 heavy (non-hydrogen) atoms. The Morgan fingerprint density at radius 3 is 0.556 bits per heavy atom. The molecule has 0 saturated carbocycles. The summed E-state index contributed by atoms with van der Waals surface area (Å²) in [5.74, 6) is 0. The van der Waals surface area contributed by atoms with Crippen molar-refractivity contribution in [2.45, 2.75) is 0 Å². The Kier molecular flexibility index (Phi) is 13.3. The first kappa shape index (κ1) is 44.8. The van der Waals surface area contributed by atoms with E-state index >= 15 is 0 Å². The van der Waals surface area contributed by atoms with E-state index in [9.17, 15) is 0 Å². The molecule has 0 unspecified atom stereocenters. The summed E-state index contributed by atoms with van der Waals surface area (Å²) in [7, 11) is 0. The van der Waals surface area contributed by atoms with Gasteiger partial charge in [0.2, 0.25) is 0 Å². The second-order valence-corrected chi connectivity index (χ2v) is 17.5. The van der Waals surface area contributed by atoms with E-state index in [-0.39, 0.29) is 0 Å². The van der Waals surface area contributed by atoms with Gasteiger partial charge in [0.15, 0.2) is 0 Å². The third-order valence-electron chi connectivity index (χ3n) is 12.8. The van der Waals surface area contributed by atoms with Gasteiger partial charge in [0.25, 0.3) is 0 Å². The van der Waals surface area contributed by atoms with E-state index in [1.807, 2.05) is 6.07 Å². The van der Waals surface area contributed by atoms with Crippen LogP contribution in [0, 0.1) is 0 Å². The van der Waals surface area contributed by atoms with Gasteiger partial charge in [0, 0.05) is 68.2 Å². The van der Waals surface area contributed by atoms with Gasteiger partial charge >= 0.3 is 0 Å². The smallest absolute Gasteiger partial charge is 0.0463 e. The van der Waals surface area contributed by atoms with Gasteiger partial charge in [-0.05, 0) is 168 Å². The number of para-hydroxylation sites is 5. The average Bonchev–Trinajstić information content (AvgIpc) is 3.46. The molecule has 344 valence electrons. The number of hydrogen-bond donors (Lipinski definition) is 0. The predicted octanol–water partition coefficient (Wildman–Crippen LogP) is 19.4. The van der Waals surface area contributed by atoms with Gasteiger partial charge in [-0.25, -0.2) is 0 Å². The SMILES string of the molecule is C(=C/c1ccc(N(c2ccccc2)c2ccc(N(c3ccccc3)c3ccc(N(c4ccccc4)c4ccc(-c5ccc(N(c6ccccc6)c6ccccc6)cc5)cc4)cc3)cc2)cc1)/c1ccccc1. The van der Waals surface area contributed by atoms with Crippen LogP contribution in [0.4, 0.5) is 68.2 Å². The minimum absolute atomic E-state index is 1.06. The van der Waals surface area contributed by atoms with Crippen molar-refractivity contribution in [2.75, 3.05) is 19.6 Å². The molecule has 0 fully saturated rings. The molecule has 0 aliphatic heterocycles. The normalized spacial score (nSPS) is 11.0. The topological polar surface area (TPSA) is 13.0 Å². The fourth-order valence-corrected chi connectivity index (χ4v) is 9.27. The molecule has 0 atom stereocenters. The summed E-state index contributed by atoms with van der Waals surface area (Å²) in [4.78, 5) is 9.24. The van der Waals surface area contributed by atoms with Gasteiger partial charge < -0.3 is 19.6 Å². The monoisotopic (exact) mass is 924 g/mol. The fraction of sp³-hybridized carbons (Fsp3) is 0. The average molecular weight is 925 g/mol. The summed E-state index contributed by atoms with van der Waals surface area (Å²) in [6, 6.07) is 107. The van der Waals surface area contributed by atoms with Crippen molar-refractivity contribution in [3.63, 3.8) is 0 Å². The third-order valence-corrected chi connectivity index (χ3v) is 12.8. The van der Waals surface area contributed by atoms with Crippen molar-refractivity contribution in [2.24, 2.45) is 0 Å². The van der Waals surface area contributed by atoms with Gasteiger partial charge in [-0.3, -0.25) is 0 Å². The quantitative estimate of drug-likeness (QED) is 0.0950. The molecule has 0 bridgehead atoms. The molecule has 11 rings (SSSR count). The molecule has 0 aromatic heterocycles. The second-order valence-electron chi connectivity index (χ2n) is 17.5. The molecule has 11 aromatic carbocycles. The van der Waals surface area contributed by atoms with Gasteiger partial charge in [-0.1, -0.05) is 170 Å². The number of benzene rings is 11. The molecule has 0 aliphatic carbocycles. The van der Waals surface area contributed by atoms with Crippen LogP contribution in [0.15, 0.2) is 303 Å². The Morgan fingerprint density at radius 1 is 0.153 bits per heavy atom. The first-order valence-corrected chi connectivity index (χ1v) is 24.4. The molecule has 0 amide bonds. The van der Waals surface area contributed by atoms with Crippen LogP contribution in [0.25, 0.3) is 23.3 Å². The summed E-state index contributed by atoms with van der Waals surface area (Å²) < 4.78 is 0. The van der Waals surface area contributed by atoms with Crippen LogP contribution in [0.3, 0.4) is 0 Å². The maximum atomic E-state index is 2.32. The lowest BCUT2D eigenvalue weighted by atomic mass is 10.0. The van der Waals surface area contributed by atoms with Crippen LogP contribution in [0.5, 0.6) is 0 Å². The Bertz CT molecular complexity index is 3400. The van der Waals surface area contributed by atoms with Gasteiger partial charge in [-0.2, -0.15) is 0 Å². The van der Waals surface area contributed by atoms with E-state index in [1.165, 1.54) is 5.56 Å². The molecule has 0 spiro atoms. The van der Waals surface area contributed by atoms with Crippen molar-refractivity contribution in [3.05, 3.63) is 314 Å². The molecule has 4 nitrogen and oxygen atoms in total. The van der Waals surface area contributed by atoms with Crippen LogP contribution in [0.2, 0.25) is 0 Å². The van der Waals surface area contributed by atoms with Gasteiger partial charge in [-0.15, -0.1) is 0 Å². The van der Waals surface area contributed by atoms with Crippen molar-refractivity contribution in [1.29, 1.82) is 0 Å². The highest BCUT2D eigenvalue weighted by Crippen LogP contribution is 2.42. The van der Waals surface area contributed by atoms with Crippen molar-refractivity contribution in [3.8, 4) is 11.1 Å². The maximum Gasteiger partial charge on any atom is 0.0463 e. The summed E-state index contributed by atoms with van der Waals surface area (Å²) in [6.45, 7) is 0. The number of hydrogen-bond acceptors (Lipinski definition) is 4. The van der Waals surface area contributed by atoms with Gasteiger partial charge in [0.1, 0.15) is 0 Å². The van der Waals surface area contributed by atoms with Crippen molar-refractivity contribution < 1.29 is 0 Å². The number of nitrogens with zero attached hydrogens (tertiary/aromatic N) is 4. The molecular weight excluding hydrogens is 873 g/mol. The van der Waals surface area contributed by atoms with E-state index < -0.39 is 0 Å². The Balaban J connectivity index is 0.871. The Morgan fingerprint density at radius 2 is 0.319 bits per heavy atom. The molecule has 0 aliphatic rings. The number of rotatable bonds is 15. The molecule has 0 N–H and O–H groups in total. The molecule has 4 heteroatoms. The van der Waals surface area contributed by atoms with Gasteiger partial charge in [0.05, 0.1) is 0 Å². The lowest BCUT2D eigenvalue weighted by Crippen LogP contribution is -2.13. The van der Waals surface area contributed by atoms with E-state index in [4.69, 9.17) is 0 Å². The molecular formula is C68H52N4. The highest BCUT2D eigenvalue weighted by atomic mass is 15.2. The molecule has 0 saturated heterocycles. The van der Waals surface area contributed by atoms with Crippen molar-refractivity contribution >= 4 is 80.4 Å². The Hall–Kier alpha value is -9.64. The van der Waals surface area contributed by atoms with E-state index in [0.717, 1.165) is 84.9 Å². The van der Waals surface area contributed by atoms with Crippen LogP contribution in [-0.4, -0.2) is 0 Å². The lowest BCUT2D eigenvalue weighted by Gasteiger charge is -2.29.